The van der Waals surface area contributed by atoms with Crippen LogP contribution in [0.2, 0.25) is 0 Å². The SMILES string of the molecule is CC(C)[C@]1(O)CN(C(=O)CCCc2cccs2)C[C@H]1C. The van der Waals surface area contributed by atoms with Gasteiger partial charge in [0.2, 0.25) is 5.91 Å². The molecular weight excluding hydrogens is 270 g/mol. The van der Waals surface area contributed by atoms with Crippen molar-refractivity contribution in [3.8, 4) is 0 Å². The van der Waals surface area contributed by atoms with Crippen molar-refractivity contribution in [3.63, 3.8) is 0 Å². The van der Waals surface area contributed by atoms with Gasteiger partial charge in [0.25, 0.3) is 0 Å². The molecule has 0 saturated carbocycles. The highest BCUT2D eigenvalue weighted by Gasteiger charge is 2.46. The molecule has 0 aromatic carbocycles. The molecule has 1 aliphatic rings. The molecule has 112 valence electrons. The third-order valence-electron chi connectivity index (χ3n) is 4.54. The Kier molecular flexibility index (Phi) is 4.86. The topological polar surface area (TPSA) is 40.5 Å². The molecule has 0 bridgehead atoms. The summed E-state index contributed by atoms with van der Waals surface area (Å²) in [5.74, 6) is 0.523. The lowest BCUT2D eigenvalue weighted by Gasteiger charge is -2.31. The van der Waals surface area contributed by atoms with E-state index in [1.165, 1.54) is 4.88 Å². The van der Waals surface area contributed by atoms with E-state index in [0.717, 1.165) is 12.8 Å². The number of carbonyl (C=O) groups is 1. The number of nitrogens with zero attached hydrogens (tertiary/aromatic N) is 1. The Bertz CT molecular complexity index is 443. The molecule has 4 heteroatoms. The summed E-state index contributed by atoms with van der Waals surface area (Å²) < 4.78 is 0. The number of aliphatic hydroxyl groups is 1. The Morgan fingerprint density at radius 3 is 2.90 bits per heavy atom. The second kappa shape index (κ2) is 6.27. The van der Waals surface area contributed by atoms with Gasteiger partial charge in [0.05, 0.1) is 5.60 Å². The maximum Gasteiger partial charge on any atom is 0.222 e. The van der Waals surface area contributed by atoms with Crippen molar-refractivity contribution in [2.24, 2.45) is 11.8 Å². The Hall–Kier alpha value is -0.870. The van der Waals surface area contributed by atoms with Crippen LogP contribution in [0.3, 0.4) is 0 Å². The van der Waals surface area contributed by atoms with E-state index in [2.05, 4.69) is 11.4 Å². The molecule has 1 fully saturated rings. The Labute approximate surface area is 125 Å². The lowest BCUT2D eigenvalue weighted by Crippen LogP contribution is -2.43. The van der Waals surface area contributed by atoms with Crippen LogP contribution < -0.4 is 0 Å². The molecule has 1 aromatic heterocycles. The molecule has 0 aliphatic carbocycles. The third-order valence-corrected chi connectivity index (χ3v) is 5.47. The van der Waals surface area contributed by atoms with Gasteiger partial charge >= 0.3 is 0 Å². The number of aryl methyl sites for hydroxylation is 1. The summed E-state index contributed by atoms with van der Waals surface area (Å²) in [7, 11) is 0. The lowest BCUT2D eigenvalue weighted by atomic mass is 9.82. The smallest absolute Gasteiger partial charge is 0.222 e. The number of amides is 1. The van der Waals surface area contributed by atoms with Crippen LogP contribution in [0.1, 0.15) is 38.5 Å². The van der Waals surface area contributed by atoms with Crippen LogP contribution in [0.5, 0.6) is 0 Å². The summed E-state index contributed by atoms with van der Waals surface area (Å²) in [5.41, 5.74) is -0.719. The summed E-state index contributed by atoms with van der Waals surface area (Å²) in [6.45, 7) is 7.28. The molecule has 1 aliphatic heterocycles. The van der Waals surface area contributed by atoms with Gasteiger partial charge in [-0.3, -0.25) is 4.79 Å². The molecule has 1 aromatic rings. The molecule has 0 unspecified atom stereocenters. The second-order valence-electron chi connectivity index (χ2n) is 6.25. The number of likely N-dealkylation sites (tertiary alicyclic amines) is 1. The van der Waals surface area contributed by atoms with E-state index in [0.29, 0.717) is 19.5 Å². The highest BCUT2D eigenvalue weighted by atomic mass is 32.1. The van der Waals surface area contributed by atoms with Gasteiger partial charge in [0.15, 0.2) is 0 Å². The molecule has 1 N–H and O–H groups in total. The average molecular weight is 295 g/mol. The fourth-order valence-corrected chi connectivity index (χ4v) is 3.73. The lowest BCUT2D eigenvalue weighted by molar-refractivity contribution is -0.131. The van der Waals surface area contributed by atoms with Crippen LogP contribution >= 0.6 is 11.3 Å². The van der Waals surface area contributed by atoms with Gasteiger partial charge in [-0.2, -0.15) is 0 Å². The quantitative estimate of drug-likeness (QED) is 0.907. The van der Waals surface area contributed by atoms with Crippen molar-refractivity contribution in [1.82, 2.24) is 4.90 Å². The van der Waals surface area contributed by atoms with Crippen molar-refractivity contribution in [2.75, 3.05) is 13.1 Å². The van der Waals surface area contributed by atoms with Crippen molar-refractivity contribution in [2.45, 2.75) is 45.6 Å². The van der Waals surface area contributed by atoms with E-state index < -0.39 is 5.60 Å². The highest BCUT2D eigenvalue weighted by molar-refractivity contribution is 7.09. The van der Waals surface area contributed by atoms with E-state index in [1.807, 2.05) is 31.7 Å². The Morgan fingerprint density at radius 1 is 1.60 bits per heavy atom. The monoisotopic (exact) mass is 295 g/mol. The molecule has 3 nitrogen and oxygen atoms in total. The fraction of sp³-hybridized carbons (Fsp3) is 0.688. The summed E-state index contributed by atoms with van der Waals surface area (Å²) in [4.78, 5) is 15.4. The minimum Gasteiger partial charge on any atom is -0.387 e. The van der Waals surface area contributed by atoms with Gasteiger partial charge in [-0.25, -0.2) is 0 Å². The third kappa shape index (κ3) is 3.23. The van der Waals surface area contributed by atoms with E-state index in [-0.39, 0.29) is 17.7 Å². The Balaban J connectivity index is 1.82. The normalized spacial score (nSPS) is 26.4. The first-order valence-electron chi connectivity index (χ1n) is 7.46. The van der Waals surface area contributed by atoms with Gasteiger partial charge < -0.3 is 10.0 Å². The molecule has 2 atom stereocenters. The maximum atomic E-state index is 12.2. The number of carbonyl (C=O) groups excluding carboxylic acids is 1. The van der Waals surface area contributed by atoms with Crippen molar-refractivity contribution in [1.29, 1.82) is 0 Å². The second-order valence-corrected chi connectivity index (χ2v) is 7.29. The first-order valence-corrected chi connectivity index (χ1v) is 8.34. The molecule has 1 saturated heterocycles. The number of β-amino-alcohol motifs (C(OH)–C–C–N with tert-alkyl or cyclic N) is 1. The average Bonchev–Trinajstić information content (AvgIpc) is 2.99. The predicted octanol–water partition coefficient (Wildman–Crippen LogP) is 2.94. The van der Waals surface area contributed by atoms with Gasteiger partial charge in [0.1, 0.15) is 0 Å². The number of hydrogen-bond acceptors (Lipinski definition) is 3. The largest absolute Gasteiger partial charge is 0.387 e. The summed E-state index contributed by atoms with van der Waals surface area (Å²) >= 11 is 1.75. The van der Waals surface area contributed by atoms with Gasteiger partial charge in [0, 0.05) is 30.3 Å². The van der Waals surface area contributed by atoms with E-state index in [4.69, 9.17) is 0 Å². The fourth-order valence-electron chi connectivity index (χ4n) is 2.98. The zero-order chi connectivity index (χ0) is 14.8. The van der Waals surface area contributed by atoms with Crippen LogP contribution in [0.15, 0.2) is 17.5 Å². The maximum absolute atomic E-state index is 12.2. The summed E-state index contributed by atoms with van der Waals surface area (Å²) in [6.07, 6.45) is 2.45. The van der Waals surface area contributed by atoms with Gasteiger partial charge in [-0.1, -0.05) is 26.8 Å². The number of hydrogen-bond donors (Lipinski definition) is 1. The van der Waals surface area contributed by atoms with Crippen molar-refractivity contribution >= 4 is 17.2 Å². The van der Waals surface area contributed by atoms with Crippen LogP contribution in [0.25, 0.3) is 0 Å². The minimum atomic E-state index is -0.719. The molecule has 0 spiro atoms. The zero-order valence-electron chi connectivity index (χ0n) is 12.6. The van der Waals surface area contributed by atoms with Crippen LogP contribution in [0, 0.1) is 11.8 Å². The van der Waals surface area contributed by atoms with Crippen molar-refractivity contribution in [3.05, 3.63) is 22.4 Å². The van der Waals surface area contributed by atoms with Gasteiger partial charge in [-0.15, -0.1) is 11.3 Å². The minimum absolute atomic E-state index is 0.156. The number of thiophene rings is 1. The molecule has 2 rings (SSSR count). The first kappa shape index (κ1) is 15.5. The molecular formula is C16H25NO2S. The van der Waals surface area contributed by atoms with Crippen LogP contribution in [-0.2, 0) is 11.2 Å². The van der Waals surface area contributed by atoms with Gasteiger partial charge in [-0.05, 0) is 30.2 Å². The van der Waals surface area contributed by atoms with Crippen LogP contribution in [-0.4, -0.2) is 34.6 Å². The zero-order valence-corrected chi connectivity index (χ0v) is 13.4. The summed E-state index contributed by atoms with van der Waals surface area (Å²) in [6, 6.07) is 4.16. The standard InChI is InChI=1S/C16H25NO2S/c1-12(2)16(19)11-17(10-13(16)3)15(18)8-4-6-14-7-5-9-20-14/h5,7,9,12-13,19H,4,6,8,10-11H2,1-3H3/t13-,16-/m1/s1. The first-order chi connectivity index (χ1) is 9.43. The predicted molar refractivity (Wildman–Crippen MR) is 82.8 cm³/mol. The van der Waals surface area contributed by atoms with E-state index >= 15 is 0 Å². The Morgan fingerprint density at radius 2 is 2.35 bits per heavy atom. The molecule has 20 heavy (non-hydrogen) atoms. The summed E-state index contributed by atoms with van der Waals surface area (Å²) in [5, 5.41) is 12.7. The van der Waals surface area contributed by atoms with E-state index in [9.17, 15) is 9.90 Å². The molecule has 1 amide bonds. The van der Waals surface area contributed by atoms with E-state index in [1.54, 1.807) is 11.3 Å². The number of rotatable bonds is 5. The highest BCUT2D eigenvalue weighted by Crippen LogP contribution is 2.34. The molecule has 0 radical (unpaired) electrons. The van der Waals surface area contributed by atoms with Crippen LogP contribution in [0.4, 0.5) is 0 Å². The van der Waals surface area contributed by atoms with Crippen molar-refractivity contribution < 1.29 is 9.90 Å². The molecule has 2 heterocycles.